The minimum absolute atomic E-state index is 0.0657. The first-order valence-corrected chi connectivity index (χ1v) is 8.74. The van der Waals surface area contributed by atoms with Crippen molar-refractivity contribution in [3.05, 3.63) is 46.3 Å². The molecule has 4 heteroatoms. The van der Waals surface area contributed by atoms with Gasteiger partial charge in [-0.15, -0.1) is 29.1 Å². The fourth-order valence-electron chi connectivity index (χ4n) is 2.42. The Balaban J connectivity index is 2.02. The maximum absolute atomic E-state index is 14.3. The molecular formula is C18H14F2S2. The second-order valence-corrected chi connectivity index (χ2v) is 7.30. The molecule has 2 aromatic heterocycles. The van der Waals surface area contributed by atoms with E-state index in [1.54, 1.807) is 0 Å². The van der Waals surface area contributed by atoms with Gasteiger partial charge in [0.1, 0.15) is 11.6 Å². The van der Waals surface area contributed by atoms with Gasteiger partial charge < -0.3 is 0 Å². The average molecular weight is 332 g/mol. The van der Waals surface area contributed by atoms with E-state index in [-0.39, 0.29) is 5.56 Å². The van der Waals surface area contributed by atoms with Gasteiger partial charge in [0.2, 0.25) is 0 Å². The van der Waals surface area contributed by atoms with Crippen molar-refractivity contribution in [2.75, 3.05) is 0 Å². The smallest absolute Gasteiger partial charge is 0.135 e. The summed E-state index contributed by atoms with van der Waals surface area (Å²) >= 11 is 2.84. The van der Waals surface area contributed by atoms with Gasteiger partial charge in [0, 0.05) is 14.3 Å². The summed E-state index contributed by atoms with van der Waals surface area (Å²) in [5.74, 6) is 1.61. The van der Waals surface area contributed by atoms with Gasteiger partial charge in [-0.2, -0.15) is 0 Å². The Hall–Kier alpha value is -1.70. The number of hydrogen-bond acceptors (Lipinski definition) is 2. The summed E-state index contributed by atoms with van der Waals surface area (Å²) in [6.45, 7) is 2.06. The van der Waals surface area contributed by atoms with Crippen molar-refractivity contribution < 1.29 is 8.78 Å². The Morgan fingerprint density at radius 1 is 1.05 bits per heavy atom. The summed E-state index contributed by atoms with van der Waals surface area (Å²) in [5, 5.41) is 0. The predicted molar refractivity (Wildman–Crippen MR) is 91.6 cm³/mol. The fraction of sp³-hybridized carbons (Fsp3) is 0.222. The molecule has 1 aromatic carbocycles. The maximum Gasteiger partial charge on any atom is 0.135 e. The molecule has 0 amide bonds. The molecule has 0 bridgehead atoms. The van der Waals surface area contributed by atoms with Crippen LogP contribution in [-0.2, 0) is 6.42 Å². The Morgan fingerprint density at radius 3 is 2.32 bits per heavy atom. The number of rotatable bonds is 4. The van der Waals surface area contributed by atoms with Crippen LogP contribution in [0.25, 0.3) is 19.8 Å². The van der Waals surface area contributed by atoms with E-state index in [2.05, 4.69) is 12.8 Å². The van der Waals surface area contributed by atoms with Crippen LogP contribution in [0.2, 0.25) is 0 Å². The lowest BCUT2D eigenvalue weighted by molar-refractivity contribution is 0.585. The monoisotopic (exact) mass is 332 g/mol. The highest BCUT2D eigenvalue weighted by molar-refractivity contribution is 7.29. The van der Waals surface area contributed by atoms with Crippen LogP contribution in [0.15, 0.2) is 24.3 Å². The van der Waals surface area contributed by atoms with Gasteiger partial charge in [0.05, 0.1) is 10.4 Å². The van der Waals surface area contributed by atoms with E-state index in [0.29, 0.717) is 16.9 Å². The van der Waals surface area contributed by atoms with Crippen molar-refractivity contribution in [1.29, 1.82) is 0 Å². The van der Waals surface area contributed by atoms with E-state index in [0.717, 1.165) is 27.1 Å². The zero-order chi connectivity index (χ0) is 15.7. The summed E-state index contributed by atoms with van der Waals surface area (Å²) in [6, 6.07) is 6.61. The number of terminal acetylenes is 1. The highest BCUT2D eigenvalue weighted by atomic mass is 32.1. The third-order valence-corrected chi connectivity index (χ3v) is 5.76. The zero-order valence-electron chi connectivity index (χ0n) is 12.1. The minimum atomic E-state index is -0.489. The second-order valence-electron chi connectivity index (χ2n) is 5.13. The van der Waals surface area contributed by atoms with Gasteiger partial charge in [-0.1, -0.05) is 19.3 Å². The van der Waals surface area contributed by atoms with E-state index >= 15 is 0 Å². The average Bonchev–Trinajstić information content (AvgIpc) is 3.02. The molecule has 0 nitrogen and oxygen atoms in total. The highest BCUT2D eigenvalue weighted by Gasteiger charge is 2.16. The molecule has 2 heterocycles. The zero-order valence-corrected chi connectivity index (χ0v) is 13.7. The molecule has 3 rings (SSSR count). The molecule has 0 aliphatic rings. The van der Waals surface area contributed by atoms with Crippen molar-refractivity contribution >= 4 is 32.1 Å². The molecule has 0 N–H and O–H groups in total. The van der Waals surface area contributed by atoms with Crippen molar-refractivity contribution in [1.82, 2.24) is 0 Å². The summed E-state index contributed by atoms with van der Waals surface area (Å²) in [5.41, 5.74) is 0.782. The molecule has 0 aliphatic heterocycles. The Labute approximate surface area is 136 Å². The standard InChI is InChI=1S/C18H14F2S2/c1-3-5-6-11-7-13(19)18(14(20)8-11)17-10-16-15(22-17)9-12(4-2)21-16/h2,7-10H,3,5-6H2,1H3. The molecule has 112 valence electrons. The largest absolute Gasteiger partial charge is 0.206 e. The lowest BCUT2D eigenvalue weighted by Crippen LogP contribution is -1.93. The first kappa shape index (κ1) is 15.2. The van der Waals surface area contributed by atoms with Crippen LogP contribution in [0.5, 0.6) is 0 Å². The van der Waals surface area contributed by atoms with E-state index in [4.69, 9.17) is 6.42 Å². The van der Waals surface area contributed by atoms with Gasteiger partial charge in [0.15, 0.2) is 0 Å². The van der Waals surface area contributed by atoms with Gasteiger partial charge >= 0.3 is 0 Å². The number of benzene rings is 1. The molecular weight excluding hydrogens is 318 g/mol. The SMILES string of the molecule is C#Cc1cc2sc(-c3c(F)cc(CCCC)cc3F)cc2s1. The summed E-state index contributed by atoms with van der Waals surface area (Å²) in [4.78, 5) is 1.45. The van der Waals surface area contributed by atoms with Crippen LogP contribution in [-0.4, -0.2) is 0 Å². The van der Waals surface area contributed by atoms with Crippen LogP contribution >= 0.6 is 22.7 Å². The van der Waals surface area contributed by atoms with Gasteiger partial charge in [-0.25, -0.2) is 8.78 Å². The summed E-state index contributed by atoms with van der Waals surface area (Å²) in [6.07, 6.45) is 8.01. The molecule has 0 saturated carbocycles. The number of fused-ring (bicyclic) bond motifs is 1. The first-order chi connectivity index (χ1) is 10.6. The lowest BCUT2D eigenvalue weighted by Gasteiger charge is -2.06. The number of hydrogen-bond donors (Lipinski definition) is 0. The summed E-state index contributed by atoms with van der Waals surface area (Å²) in [7, 11) is 0. The van der Waals surface area contributed by atoms with Crippen LogP contribution in [0.1, 0.15) is 30.2 Å². The third kappa shape index (κ3) is 2.79. The number of thiophene rings is 2. The van der Waals surface area contributed by atoms with Crippen LogP contribution < -0.4 is 0 Å². The topological polar surface area (TPSA) is 0 Å². The van der Waals surface area contributed by atoms with Crippen molar-refractivity contribution in [2.24, 2.45) is 0 Å². The van der Waals surface area contributed by atoms with E-state index < -0.39 is 11.6 Å². The van der Waals surface area contributed by atoms with E-state index in [1.807, 2.05) is 12.1 Å². The summed E-state index contributed by atoms with van der Waals surface area (Å²) < 4.78 is 30.6. The van der Waals surface area contributed by atoms with Crippen LogP contribution in [0.4, 0.5) is 8.78 Å². The lowest BCUT2D eigenvalue weighted by atomic mass is 10.0. The number of halogens is 2. The Bertz CT molecular complexity index is 810. The quantitative estimate of drug-likeness (QED) is 0.497. The fourth-order valence-corrected chi connectivity index (χ4v) is 4.67. The molecule has 0 atom stereocenters. The molecule has 0 saturated heterocycles. The first-order valence-electron chi connectivity index (χ1n) is 7.10. The van der Waals surface area contributed by atoms with Gasteiger partial charge in [-0.3, -0.25) is 0 Å². The molecule has 3 aromatic rings. The van der Waals surface area contributed by atoms with Gasteiger partial charge in [-0.05, 0) is 42.7 Å². The van der Waals surface area contributed by atoms with Crippen LogP contribution in [0, 0.1) is 24.0 Å². The molecule has 0 aliphatic carbocycles. The van der Waals surface area contributed by atoms with E-state index in [9.17, 15) is 8.78 Å². The minimum Gasteiger partial charge on any atom is -0.206 e. The van der Waals surface area contributed by atoms with Crippen molar-refractivity contribution in [3.63, 3.8) is 0 Å². The molecule has 0 spiro atoms. The molecule has 0 radical (unpaired) electrons. The Morgan fingerprint density at radius 2 is 1.73 bits per heavy atom. The maximum atomic E-state index is 14.3. The van der Waals surface area contributed by atoms with Crippen molar-refractivity contribution in [3.8, 4) is 22.8 Å². The number of aryl methyl sites for hydroxylation is 1. The second kappa shape index (κ2) is 6.20. The molecule has 0 unspecified atom stereocenters. The third-order valence-electron chi connectivity index (χ3n) is 3.52. The van der Waals surface area contributed by atoms with E-state index in [1.165, 1.54) is 34.8 Å². The predicted octanol–water partition coefficient (Wildman–Crippen LogP) is 6.23. The van der Waals surface area contributed by atoms with Crippen molar-refractivity contribution in [2.45, 2.75) is 26.2 Å². The highest BCUT2D eigenvalue weighted by Crippen LogP contribution is 2.40. The molecule has 0 fully saturated rings. The normalized spacial score (nSPS) is 11.0. The van der Waals surface area contributed by atoms with Crippen LogP contribution in [0.3, 0.4) is 0 Å². The Kier molecular flexibility index (Phi) is 4.28. The van der Waals surface area contributed by atoms with Gasteiger partial charge in [0.25, 0.3) is 0 Å². The number of unbranched alkanes of at least 4 members (excludes halogenated alkanes) is 1. The molecule has 22 heavy (non-hydrogen) atoms.